The van der Waals surface area contributed by atoms with Gasteiger partial charge in [-0.1, -0.05) is 0 Å². The summed E-state index contributed by atoms with van der Waals surface area (Å²) < 4.78 is 26.0. The molecule has 0 aliphatic heterocycles. The molecule has 0 atom stereocenters. The van der Waals surface area contributed by atoms with Gasteiger partial charge in [0.05, 0.1) is 19.6 Å². The SMILES string of the molecule is Fc1c(S)c(S)c(F)c(S)c1S. The average Bonchev–Trinajstić information content (AvgIpc) is 2.08. The monoisotopic (exact) mass is 242 g/mol. The van der Waals surface area contributed by atoms with Gasteiger partial charge in [0.2, 0.25) is 0 Å². The van der Waals surface area contributed by atoms with E-state index < -0.39 is 11.6 Å². The average molecular weight is 242 g/mol. The lowest BCUT2D eigenvalue weighted by Crippen LogP contribution is -1.91. The van der Waals surface area contributed by atoms with Crippen molar-refractivity contribution in [3.05, 3.63) is 11.6 Å². The van der Waals surface area contributed by atoms with E-state index in [-0.39, 0.29) is 19.6 Å². The molecule has 0 saturated heterocycles. The molecule has 0 fully saturated rings. The third-order valence-corrected chi connectivity index (χ3v) is 3.31. The van der Waals surface area contributed by atoms with Gasteiger partial charge in [-0.2, -0.15) is 0 Å². The van der Waals surface area contributed by atoms with Crippen molar-refractivity contribution in [2.24, 2.45) is 0 Å². The van der Waals surface area contributed by atoms with Crippen LogP contribution in [0.2, 0.25) is 0 Å². The van der Waals surface area contributed by atoms with Gasteiger partial charge in [0.1, 0.15) is 0 Å². The molecule has 0 N–H and O–H groups in total. The number of benzene rings is 1. The Balaban J connectivity index is 3.60. The minimum absolute atomic E-state index is 0.154. The van der Waals surface area contributed by atoms with E-state index in [9.17, 15) is 8.78 Å². The first kappa shape index (κ1) is 10.6. The molecule has 0 bridgehead atoms. The third-order valence-electron chi connectivity index (χ3n) is 1.28. The Hall–Kier alpha value is 0.480. The van der Waals surface area contributed by atoms with Crippen LogP contribution in [0.15, 0.2) is 19.6 Å². The van der Waals surface area contributed by atoms with Gasteiger partial charge in [-0.05, 0) is 0 Å². The molecular formula is C6H4F2S4. The molecule has 0 aromatic heterocycles. The molecule has 1 aromatic carbocycles. The Morgan fingerprint density at radius 1 is 0.583 bits per heavy atom. The first-order valence-corrected chi connectivity index (χ1v) is 4.56. The van der Waals surface area contributed by atoms with Crippen LogP contribution < -0.4 is 0 Å². The molecule has 0 aliphatic carbocycles. The van der Waals surface area contributed by atoms with Crippen LogP contribution in [-0.4, -0.2) is 0 Å². The fraction of sp³-hybridized carbons (Fsp3) is 0. The Morgan fingerprint density at radius 2 is 0.750 bits per heavy atom. The summed E-state index contributed by atoms with van der Waals surface area (Å²) >= 11 is 14.9. The van der Waals surface area contributed by atoms with Gasteiger partial charge >= 0.3 is 0 Å². The molecule has 0 amide bonds. The van der Waals surface area contributed by atoms with E-state index in [2.05, 4.69) is 50.5 Å². The van der Waals surface area contributed by atoms with E-state index >= 15 is 0 Å². The lowest BCUT2D eigenvalue weighted by Gasteiger charge is -2.07. The smallest absolute Gasteiger partial charge is 0.152 e. The largest absolute Gasteiger partial charge is 0.204 e. The maximum absolute atomic E-state index is 13.0. The number of hydrogen-bond donors (Lipinski definition) is 4. The first-order valence-electron chi connectivity index (χ1n) is 2.77. The van der Waals surface area contributed by atoms with Crippen LogP contribution in [0, 0.1) is 11.6 Å². The number of rotatable bonds is 0. The predicted octanol–water partition coefficient (Wildman–Crippen LogP) is 3.12. The molecule has 6 heteroatoms. The zero-order valence-electron chi connectivity index (χ0n) is 5.54. The van der Waals surface area contributed by atoms with Crippen molar-refractivity contribution < 1.29 is 8.78 Å². The van der Waals surface area contributed by atoms with Crippen molar-refractivity contribution in [3.8, 4) is 0 Å². The van der Waals surface area contributed by atoms with Crippen LogP contribution in [0.4, 0.5) is 8.78 Å². The quantitative estimate of drug-likeness (QED) is 0.494. The van der Waals surface area contributed by atoms with Crippen LogP contribution in [0.5, 0.6) is 0 Å². The summed E-state index contributed by atoms with van der Waals surface area (Å²) in [4.78, 5) is -0.616. The normalized spacial score (nSPS) is 10.5. The van der Waals surface area contributed by atoms with E-state index in [0.717, 1.165) is 0 Å². The maximum Gasteiger partial charge on any atom is 0.152 e. The minimum Gasteiger partial charge on any atom is -0.204 e. The van der Waals surface area contributed by atoms with E-state index in [1.807, 2.05) is 0 Å². The van der Waals surface area contributed by atoms with Crippen molar-refractivity contribution in [1.82, 2.24) is 0 Å². The van der Waals surface area contributed by atoms with E-state index in [0.29, 0.717) is 0 Å². The summed E-state index contributed by atoms with van der Waals surface area (Å²) in [7, 11) is 0. The summed E-state index contributed by atoms with van der Waals surface area (Å²) in [6.45, 7) is 0. The lowest BCUT2D eigenvalue weighted by molar-refractivity contribution is 0.504. The molecule has 12 heavy (non-hydrogen) atoms. The van der Waals surface area contributed by atoms with Crippen LogP contribution in [-0.2, 0) is 0 Å². The van der Waals surface area contributed by atoms with Crippen LogP contribution >= 0.6 is 50.5 Å². The third kappa shape index (κ3) is 1.57. The predicted molar refractivity (Wildman–Crippen MR) is 55.4 cm³/mol. The molecule has 0 aliphatic rings. The standard InChI is InChI=1S/C6H4F2S4/c7-1-3(9)5(11)2(8)6(12)4(1)10/h9-12H. The van der Waals surface area contributed by atoms with Gasteiger partial charge in [-0.25, -0.2) is 8.78 Å². The highest BCUT2D eigenvalue weighted by Gasteiger charge is 2.16. The fourth-order valence-electron chi connectivity index (χ4n) is 0.640. The molecule has 0 heterocycles. The van der Waals surface area contributed by atoms with Gasteiger partial charge in [-0.15, -0.1) is 50.5 Å². The molecule has 0 spiro atoms. The molecule has 0 radical (unpaired) electrons. The van der Waals surface area contributed by atoms with Crippen molar-refractivity contribution in [2.45, 2.75) is 19.6 Å². The summed E-state index contributed by atoms with van der Waals surface area (Å²) in [5.74, 6) is -1.42. The second-order valence-electron chi connectivity index (χ2n) is 2.02. The molecule has 0 unspecified atom stereocenters. The fourth-order valence-corrected chi connectivity index (χ4v) is 1.66. The first-order chi connectivity index (χ1) is 5.46. The van der Waals surface area contributed by atoms with Crippen LogP contribution in [0.25, 0.3) is 0 Å². The number of thiol groups is 4. The summed E-state index contributed by atoms with van der Waals surface area (Å²) in [5, 5.41) is 0. The van der Waals surface area contributed by atoms with Crippen molar-refractivity contribution >= 4 is 50.5 Å². The molecule has 0 nitrogen and oxygen atoms in total. The summed E-state index contributed by atoms with van der Waals surface area (Å²) in [6.07, 6.45) is 0. The van der Waals surface area contributed by atoms with Gasteiger partial charge in [0.25, 0.3) is 0 Å². The molecular weight excluding hydrogens is 238 g/mol. The maximum atomic E-state index is 13.0. The van der Waals surface area contributed by atoms with Crippen LogP contribution in [0.3, 0.4) is 0 Å². The topological polar surface area (TPSA) is 0 Å². The molecule has 66 valence electrons. The highest BCUT2D eigenvalue weighted by atomic mass is 32.1. The van der Waals surface area contributed by atoms with Crippen molar-refractivity contribution in [1.29, 1.82) is 0 Å². The molecule has 1 rings (SSSR count). The van der Waals surface area contributed by atoms with Crippen molar-refractivity contribution in [2.75, 3.05) is 0 Å². The number of hydrogen-bond acceptors (Lipinski definition) is 4. The Kier molecular flexibility index (Phi) is 3.25. The Labute approximate surface area is 90.4 Å². The molecule has 0 saturated carbocycles. The molecule has 1 aromatic rings. The summed E-state index contributed by atoms with van der Waals surface area (Å²) in [6, 6.07) is 0. The lowest BCUT2D eigenvalue weighted by atomic mass is 10.3. The van der Waals surface area contributed by atoms with E-state index in [1.54, 1.807) is 0 Å². The second-order valence-corrected chi connectivity index (χ2v) is 3.81. The van der Waals surface area contributed by atoms with Gasteiger partial charge < -0.3 is 0 Å². The van der Waals surface area contributed by atoms with E-state index in [4.69, 9.17) is 0 Å². The van der Waals surface area contributed by atoms with Crippen LogP contribution in [0.1, 0.15) is 0 Å². The highest BCUT2D eigenvalue weighted by molar-refractivity contribution is 7.84. The van der Waals surface area contributed by atoms with Gasteiger partial charge in [0, 0.05) is 0 Å². The second kappa shape index (κ2) is 3.69. The number of halogens is 2. The van der Waals surface area contributed by atoms with Crippen molar-refractivity contribution in [3.63, 3.8) is 0 Å². The van der Waals surface area contributed by atoms with E-state index in [1.165, 1.54) is 0 Å². The summed E-state index contributed by atoms with van der Waals surface area (Å²) in [5.41, 5.74) is 0. The zero-order valence-corrected chi connectivity index (χ0v) is 9.12. The minimum atomic E-state index is -0.710. The Morgan fingerprint density at radius 3 is 0.917 bits per heavy atom. The Bertz CT molecular complexity index is 232. The highest BCUT2D eigenvalue weighted by Crippen LogP contribution is 2.34. The van der Waals surface area contributed by atoms with Gasteiger partial charge in [-0.3, -0.25) is 0 Å². The van der Waals surface area contributed by atoms with Gasteiger partial charge in [0.15, 0.2) is 11.6 Å². The zero-order chi connectivity index (χ0) is 9.46.